The average Bonchev–Trinajstić information content (AvgIpc) is 2.22. The van der Waals surface area contributed by atoms with Gasteiger partial charge >= 0.3 is 12.0 Å². The number of carbonyl (C=O) groups excluding carboxylic acids is 1. The first-order valence-corrected chi connectivity index (χ1v) is 7.19. The third-order valence-corrected chi connectivity index (χ3v) is 3.04. The minimum atomic E-state index is -1.05. The van der Waals surface area contributed by atoms with E-state index in [0.717, 1.165) is 0 Å². The Labute approximate surface area is 104 Å². The predicted octanol–water partition coefficient (Wildman–Crippen LogP) is 0.306. The predicted molar refractivity (Wildman–Crippen MR) is 66.4 cm³/mol. The molecule has 0 spiro atoms. The molecule has 0 aromatic carbocycles. The van der Waals surface area contributed by atoms with Crippen molar-refractivity contribution < 1.29 is 18.9 Å². The summed E-state index contributed by atoms with van der Waals surface area (Å²) in [5.74, 6) is -0.539. The van der Waals surface area contributed by atoms with Gasteiger partial charge in [0.1, 0.15) is 6.04 Å². The number of nitrogens with one attached hydrogen (secondary N) is 2. The van der Waals surface area contributed by atoms with Gasteiger partial charge in [-0.1, -0.05) is 6.92 Å². The Morgan fingerprint density at radius 3 is 2.35 bits per heavy atom. The van der Waals surface area contributed by atoms with Crippen LogP contribution in [0.4, 0.5) is 4.79 Å². The van der Waals surface area contributed by atoms with Crippen LogP contribution in [0, 0.1) is 0 Å². The van der Waals surface area contributed by atoms with Gasteiger partial charge in [0.15, 0.2) is 0 Å². The van der Waals surface area contributed by atoms with E-state index in [1.54, 1.807) is 20.1 Å². The number of hydrogen-bond acceptors (Lipinski definition) is 3. The third-order valence-electron chi connectivity index (χ3n) is 2.23. The maximum atomic E-state index is 11.4. The van der Waals surface area contributed by atoms with Gasteiger partial charge in [-0.05, 0) is 19.8 Å². The summed E-state index contributed by atoms with van der Waals surface area (Å²) < 4.78 is 10.9. The number of carboxylic acids is 1. The fourth-order valence-corrected chi connectivity index (χ4v) is 1.86. The van der Waals surface area contributed by atoms with Crippen molar-refractivity contribution in [2.75, 3.05) is 12.0 Å². The van der Waals surface area contributed by atoms with Crippen LogP contribution < -0.4 is 10.6 Å². The van der Waals surface area contributed by atoms with Gasteiger partial charge in [0, 0.05) is 28.9 Å². The first kappa shape index (κ1) is 15.9. The van der Waals surface area contributed by atoms with Gasteiger partial charge in [-0.15, -0.1) is 0 Å². The average molecular weight is 264 g/mol. The molecule has 100 valence electrons. The molecular weight excluding hydrogens is 244 g/mol. The number of carbonyl (C=O) groups is 2. The van der Waals surface area contributed by atoms with E-state index in [2.05, 4.69) is 10.6 Å². The van der Waals surface area contributed by atoms with Crippen LogP contribution in [0.3, 0.4) is 0 Å². The number of aliphatic carboxylic acids is 1. The first-order chi connectivity index (χ1) is 7.86. The van der Waals surface area contributed by atoms with Crippen molar-refractivity contribution in [3.63, 3.8) is 0 Å². The van der Waals surface area contributed by atoms with Crippen LogP contribution in [-0.2, 0) is 15.6 Å². The highest BCUT2D eigenvalue weighted by Gasteiger charge is 2.18. The second kappa shape index (κ2) is 8.05. The molecule has 3 unspecified atom stereocenters. The fourth-order valence-electron chi connectivity index (χ4n) is 1.18. The minimum Gasteiger partial charge on any atom is -0.480 e. The minimum absolute atomic E-state index is 0.134. The SMILES string of the molecule is CCC(NC(=O)NC(C)CCS(C)=O)C(=O)O. The van der Waals surface area contributed by atoms with Crippen LogP contribution in [0.5, 0.6) is 0 Å². The zero-order valence-corrected chi connectivity index (χ0v) is 11.2. The Kier molecular flexibility index (Phi) is 7.53. The lowest BCUT2D eigenvalue weighted by Crippen LogP contribution is -2.48. The molecule has 17 heavy (non-hydrogen) atoms. The van der Waals surface area contributed by atoms with E-state index in [0.29, 0.717) is 18.6 Å². The Hall–Kier alpha value is -1.11. The van der Waals surface area contributed by atoms with E-state index in [1.807, 2.05) is 0 Å². The number of carboxylic acid groups (broad SMARTS) is 1. The zero-order valence-electron chi connectivity index (χ0n) is 10.4. The van der Waals surface area contributed by atoms with Crippen molar-refractivity contribution in [3.8, 4) is 0 Å². The van der Waals surface area contributed by atoms with Crippen molar-refractivity contribution >= 4 is 22.8 Å². The topological polar surface area (TPSA) is 95.5 Å². The molecule has 0 aliphatic heterocycles. The second-order valence-corrected chi connectivity index (χ2v) is 5.44. The zero-order chi connectivity index (χ0) is 13.4. The molecule has 0 fully saturated rings. The molecule has 6 nitrogen and oxygen atoms in total. The molecule has 3 atom stereocenters. The van der Waals surface area contributed by atoms with Crippen LogP contribution in [0.1, 0.15) is 26.7 Å². The molecule has 2 amide bonds. The lowest BCUT2D eigenvalue weighted by atomic mass is 10.2. The third kappa shape index (κ3) is 7.73. The summed E-state index contributed by atoms with van der Waals surface area (Å²) in [6.45, 7) is 3.47. The van der Waals surface area contributed by atoms with Crippen LogP contribution in [0.2, 0.25) is 0 Å². The lowest BCUT2D eigenvalue weighted by molar-refractivity contribution is -0.139. The van der Waals surface area contributed by atoms with Crippen LogP contribution in [-0.4, -0.2) is 45.4 Å². The van der Waals surface area contributed by atoms with E-state index >= 15 is 0 Å². The number of amides is 2. The fraction of sp³-hybridized carbons (Fsp3) is 0.800. The summed E-state index contributed by atoms with van der Waals surface area (Å²) in [7, 11) is -0.886. The maximum Gasteiger partial charge on any atom is 0.326 e. The molecule has 0 bridgehead atoms. The van der Waals surface area contributed by atoms with E-state index < -0.39 is 28.8 Å². The molecule has 3 N–H and O–H groups in total. The molecule has 0 saturated heterocycles. The quantitative estimate of drug-likeness (QED) is 0.616. The van der Waals surface area contributed by atoms with Crippen molar-refractivity contribution in [1.82, 2.24) is 10.6 Å². The van der Waals surface area contributed by atoms with Gasteiger partial charge in [0.05, 0.1) is 0 Å². The highest BCUT2D eigenvalue weighted by molar-refractivity contribution is 7.84. The standard InChI is InChI=1S/C10H20N2O4S/c1-4-8(9(13)14)12-10(15)11-7(2)5-6-17(3)16/h7-8H,4-6H2,1-3H3,(H,13,14)(H2,11,12,15). The van der Waals surface area contributed by atoms with Gasteiger partial charge in [-0.25, -0.2) is 9.59 Å². The lowest BCUT2D eigenvalue weighted by Gasteiger charge is -2.17. The van der Waals surface area contributed by atoms with Crippen molar-refractivity contribution in [2.45, 2.75) is 38.8 Å². The molecule has 0 aromatic heterocycles. The maximum absolute atomic E-state index is 11.4. The van der Waals surface area contributed by atoms with Gasteiger partial charge in [-0.3, -0.25) is 4.21 Å². The van der Waals surface area contributed by atoms with E-state index in [9.17, 15) is 13.8 Å². The largest absolute Gasteiger partial charge is 0.480 e. The highest BCUT2D eigenvalue weighted by Crippen LogP contribution is 1.94. The molecular formula is C10H20N2O4S. The monoisotopic (exact) mass is 264 g/mol. The molecule has 0 aromatic rings. The van der Waals surface area contributed by atoms with Gasteiger partial charge in [-0.2, -0.15) is 0 Å². The Bertz CT molecular complexity index is 296. The van der Waals surface area contributed by atoms with E-state index in [1.165, 1.54) is 0 Å². The van der Waals surface area contributed by atoms with Gasteiger partial charge in [0.25, 0.3) is 0 Å². The molecule has 0 aliphatic carbocycles. The molecule has 0 radical (unpaired) electrons. The Morgan fingerprint density at radius 1 is 1.35 bits per heavy atom. The van der Waals surface area contributed by atoms with E-state index in [4.69, 9.17) is 5.11 Å². The van der Waals surface area contributed by atoms with Crippen molar-refractivity contribution in [3.05, 3.63) is 0 Å². The van der Waals surface area contributed by atoms with Crippen molar-refractivity contribution in [1.29, 1.82) is 0 Å². The van der Waals surface area contributed by atoms with Gasteiger partial charge in [0.2, 0.25) is 0 Å². The summed E-state index contributed by atoms with van der Waals surface area (Å²) in [5.41, 5.74) is 0. The first-order valence-electron chi connectivity index (χ1n) is 5.46. The summed E-state index contributed by atoms with van der Waals surface area (Å²) in [6, 6.07) is -1.51. The Balaban J connectivity index is 3.99. The number of rotatable bonds is 7. The normalized spacial score (nSPS) is 15.7. The number of urea groups is 1. The molecule has 0 rings (SSSR count). The Morgan fingerprint density at radius 2 is 1.94 bits per heavy atom. The molecule has 0 heterocycles. The second-order valence-electron chi connectivity index (χ2n) is 3.88. The summed E-state index contributed by atoms with van der Waals surface area (Å²) in [4.78, 5) is 22.1. The van der Waals surface area contributed by atoms with Crippen LogP contribution >= 0.6 is 0 Å². The van der Waals surface area contributed by atoms with Crippen molar-refractivity contribution in [2.24, 2.45) is 0 Å². The van der Waals surface area contributed by atoms with E-state index in [-0.39, 0.29) is 6.04 Å². The van der Waals surface area contributed by atoms with Gasteiger partial charge < -0.3 is 15.7 Å². The molecule has 0 aliphatic rings. The summed E-state index contributed by atoms with van der Waals surface area (Å²) in [6.07, 6.45) is 2.53. The van der Waals surface area contributed by atoms with Crippen LogP contribution in [0.25, 0.3) is 0 Å². The molecule has 0 saturated carbocycles. The summed E-state index contributed by atoms with van der Waals surface area (Å²) >= 11 is 0. The summed E-state index contributed by atoms with van der Waals surface area (Å²) in [5, 5.41) is 13.7. The number of hydrogen-bond donors (Lipinski definition) is 3. The highest BCUT2D eigenvalue weighted by atomic mass is 32.2. The van der Waals surface area contributed by atoms with Crippen LogP contribution in [0.15, 0.2) is 0 Å². The molecule has 7 heteroatoms. The smallest absolute Gasteiger partial charge is 0.326 e.